The number of likely N-dealkylation sites (tertiary alicyclic amines) is 1. The van der Waals surface area contributed by atoms with Crippen molar-refractivity contribution in [2.24, 2.45) is 5.92 Å². The van der Waals surface area contributed by atoms with Crippen molar-refractivity contribution in [3.05, 3.63) is 0 Å². The van der Waals surface area contributed by atoms with E-state index in [1.54, 1.807) is 0 Å². The molecule has 14 heavy (non-hydrogen) atoms. The molecule has 0 aromatic heterocycles. The first kappa shape index (κ1) is 11.6. The van der Waals surface area contributed by atoms with Crippen molar-refractivity contribution < 1.29 is 0 Å². The highest BCUT2D eigenvalue weighted by molar-refractivity contribution is 4.89. The summed E-state index contributed by atoms with van der Waals surface area (Å²) < 4.78 is 0. The van der Waals surface area contributed by atoms with E-state index in [0.29, 0.717) is 12.6 Å². The van der Waals surface area contributed by atoms with E-state index < -0.39 is 0 Å². The summed E-state index contributed by atoms with van der Waals surface area (Å²) in [6, 6.07) is 0.574. The Bertz CT molecular complexity index is 187. The summed E-state index contributed by atoms with van der Waals surface area (Å²) in [7, 11) is 0. The Balaban J connectivity index is 2.23. The summed E-state index contributed by atoms with van der Waals surface area (Å²) in [6.07, 6.45) is 7.85. The van der Waals surface area contributed by atoms with E-state index in [0.717, 1.165) is 5.92 Å². The monoisotopic (exact) mass is 194 g/mol. The average Bonchev–Trinajstić information content (AvgIpc) is 2.26. The fourth-order valence-corrected chi connectivity index (χ4v) is 2.16. The molecule has 1 rings (SSSR count). The van der Waals surface area contributed by atoms with Crippen LogP contribution in [0.25, 0.3) is 0 Å². The molecule has 0 aromatic rings. The predicted octanol–water partition coefficient (Wildman–Crippen LogP) is 1.33. The molecule has 2 heteroatoms. The fourth-order valence-electron chi connectivity index (χ4n) is 2.16. The summed E-state index contributed by atoms with van der Waals surface area (Å²) in [6.45, 7) is 8.89. The number of piperidine rings is 1. The molecule has 2 nitrogen and oxygen atoms in total. The Labute approximate surface area is 88.1 Å². The van der Waals surface area contributed by atoms with E-state index in [1.807, 2.05) is 0 Å². The zero-order chi connectivity index (χ0) is 10.4. The van der Waals surface area contributed by atoms with Gasteiger partial charge in [0, 0.05) is 6.04 Å². The Kier molecular flexibility index (Phi) is 5.00. The van der Waals surface area contributed by atoms with Crippen LogP contribution in [0.5, 0.6) is 0 Å². The molecule has 0 amide bonds. The zero-order valence-corrected chi connectivity index (χ0v) is 9.42. The lowest BCUT2D eigenvalue weighted by Crippen LogP contribution is -2.41. The Morgan fingerprint density at radius 3 is 2.64 bits per heavy atom. The number of hydrogen-bond donors (Lipinski definition) is 1. The van der Waals surface area contributed by atoms with Gasteiger partial charge in [-0.2, -0.15) is 0 Å². The van der Waals surface area contributed by atoms with Crippen LogP contribution >= 0.6 is 0 Å². The molecule has 1 aliphatic heterocycles. The van der Waals surface area contributed by atoms with Gasteiger partial charge in [-0.3, -0.25) is 0 Å². The van der Waals surface area contributed by atoms with Gasteiger partial charge in [-0.1, -0.05) is 12.8 Å². The standard InChI is InChI=1S/C12H22N2/c1-4-8-13-11(3)12-6-9-14(5-2)10-7-12/h1,11-13H,5-10H2,2-3H3. The number of nitrogens with zero attached hydrogens (tertiary/aromatic N) is 1. The second-order valence-electron chi connectivity index (χ2n) is 4.15. The largest absolute Gasteiger partial charge is 0.304 e. The Hall–Kier alpha value is -0.520. The average molecular weight is 194 g/mol. The van der Waals surface area contributed by atoms with Crippen LogP contribution in [0.15, 0.2) is 0 Å². The minimum Gasteiger partial charge on any atom is -0.304 e. The van der Waals surface area contributed by atoms with Gasteiger partial charge in [0.2, 0.25) is 0 Å². The molecule has 1 aliphatic rings. The van der Waals surface area contributed by atoms with Gasteiger partial charge in [-0.25, -0.2) is 0 Å². The normalized spacial score (nSPS) is 21.8. The third-order valence-corrected chi connectivity index (χ3v) is 3.31. The molecule has 1 atom stereocenters. The summed E-state index contributed by atoms with van der Waals surface area (Å²) in [5.74, 6) is 3.45. The van der Waals surface area contributed by atoms with Crippen molar-refractivity contribution in [3.8, 4) is 12.3 Å². The van der Waals surface area contributed by atoms with Crippen molar-refractivity contribution in [2.45, 2.75) is 32.7 Å². The first-order chi connectivity index (χ1) is 6.77. The highest BCUT2D eigenvalue weighted by atomic mass is 15.1. The first-order valence-corrected chi connectivity index (χ1v) is 5.67. The quantitative estimate of drug-likeness (QED) is 0.679. The van der Waals surface area contributed by atoms with Crippen molar-refractivity contribution in [2.75, 3.05) is 26.2 Å². The maximum Gasteiger partial charge on any atom is 0.0575 e. The SMILES string of the molecule is C#CCNC(C)C1CCN(CC)CC1. The van der Waals surface area contributed by atoms with E-state index in [4.69, 9.17) is 6.42 Å². The summed E-state index contributed by atoms with van der Waals surface area (Å²) in [5.41, 5.74) is 0. The highest BCUT2D eigenvalue weighted by Gasteiger charge is 2.22. The zero-order valence-electron chi connectivity index (χ0n) is 9.42. The number of terminal acetylenes is 1. The molecule has 0 bridgehead atoms. The number of rotatable bonds is 4. The molecule has 0 aliphatic carbocycles. The van der Waals surface area contributed by atoms with E-state index in [-0.39, 0.29) is 0 Å². The van der Waals surface area contributed by atoms with E-state index in [2.05, 4.69) is 30.0 Å². The van der Waals surface area contributed by atoms with Crippen LogP contribution in [0.1, 0.15) is 26.7 Å². The van der Waals surface area contributed by atoms with E-state index in [1.165, 1.54) is 32.5 Å². The van der Waals surface area contributed by atoms with Crippen LogP contribution in [0, 0.1) is 18.3 Å². The van der Waals surface area contributed by atoms with Crippen LogP contribution in [0.4, 0.5) is 0 Å². The Morgan fingerprint density at radius 1 is 1.50 bits per heavy atom. The molecule has 1 unspecified atom stereocenters. The van der Waals surface area contributed by atoms with Crippen LogP contribution < -0.4 is 5.32 Å². The minimum absolute atomic E-state index is 0.574. The summed E-state index contributed by atoms with van der Waals surface area (Å²) >= 11 is 0. The predicted molar refractivity (Wildman–Crippen MR) is 61.1 cm³/mol. The molecule has 0 spiro atoms. The van der Waals surface area contributed by atoms with Gasteiger partial charge in [0.1, 0.15) is 0 Å². The molecule has 0 aromatic carbocycles. The summed E-state index contributed by atoms with van der Waals surface area (Å²) in [5, 5.41) is 3.38. The maximum absolute atomic E-state index is 5.23. The van der Waals surface area contributed by atoms with Gasteiger partial charge in [0.05, 0.1) is 6.54 Å². The first-order valence-electron chi connectivity index (χ1n) is 5.67. The van der Waals surface area contributed by atoms with Gasteiger partial charge >= 0.3 is 0 Å². The lowest BCUT2D eigenvalue weighted by atomic mass is 9.90. The maximum atomic E-state index is 5.23. The third kappa shape index (κ3) is 3.32. The van der Waals surface area contributed by atoms with Crippen molar-refractivity contribution in [1.29, 1.82) is 0 Å². The lowest BCUT2D eigenvalue weighted by Gasteiger charge is -2.34. The highest BCUT2D eigenvalue weighted by Crippen LogP contribution is 2.20. The molecule has 1 saturated heterocycles. The molecule has 1 heterocycles. The van der Waals surface area contributed by atoms with E-state index >= 15 is 0 Å². The lowest BCUT2D eigenvalue weighted by molar-refractivity contribution is 0.170. The van der Waals surface area contributed by atoms with Gasteiger partial charge < -0.3 is 10.2 Å². The van der Waals surface area contributed by atoms with Gasteiger partial charge in [0.15, 0.2) is 0 Å². The van der Waals surface area contributed by atoms with Gasteiger partial charge in [-0.15, -0.1) is 6.42 Å². The van der Waals surface area contributed by atoms with Crippen molar-refractivity contribution in [1.82, 2.24) is 10.2 Å². The van der Waals surface area contributed by atoms with Crippen LogP contribution in [0.2, 0.25) is 0 Å². The molecule has 1 fully saturated rings. The minimum atomic E-state index is 0.574. The second kappa shape index (κ2) is 6.06. The van der Waals surface area contributed by atoms with Crippen molar-refractivity contribution >= 4 is 0 Å². The molecule has 1 N–H and O–H groups in total. The molecule has 0 saturated carbocycles. The topological polar surface area (TPSA) is 15.3 Å². The Morgan fingerprint density at radius 2 is 2.14 bits per heavy atom. The number of nitrogens with one attached hydrogen (secondary N) is 1. The van der Waals surface area contributed by atoms with Gasteiger partial charge in [0.25, 0.3) is 0 Å². The van der Waals surface area contributed by atoms with Crippen molar-refractivity contribution in [3.63, 3.8) is 0 Å². The van der Waals surface area contributed by atoms with Crippen LogP contribution in [-0.4, -0.2) is 37.1 Å². The third-order valence-electron chi connectivity index (χ3n) is 3.31. The molecule has 0 radical (unpaired) electrons. The van der Waals surface area contributed by atoms with Crippen LogP contribution in [0.3, 0.4) is 0 Å². The molecular formula is C12H22N2. The molecule has 80 valence electrons. The van der Waals surface area contributed by atoms with Crippen LogP contribution in [-0.2, 0) is 0 Å². The van der Waals surface area contributed by atoms with Gasteiger partial charge in [-0.05, 0) is 45.3 Å². The molecular weight excluding hydrogens is 172 g/mol. The van der Waals surface area contributed by atoms with E-state index in [9.17, 15) is 0 Å². The smallest absolute Gasteiger partial charge is 0.0575 e. The number of hydrogen-bond acceptors (Lipinski definition) is 2. The fraction of sp³-hybridized carbons (Fsp3) is 0.833. The summed E-state index contributed by atoms with van der Waals surface area (Å²) in [4.78, 5) is 2.52. The second-order valence-corrected chi connectivity index (χ2v) is 4.15.